The third kappa shape index (κ3) is 8.28. The number of thioether (sulfide) groups is 1. The average Bonchev–Trinajstić information content (AvgIpc) is 3.46. The van der Waals surface area contributed by atoms with E-state index in [2.05, 4.69) is 20.8 Å². The van der Waals surface area contributed by atoms with Crippen LogP contribution in [0.1, 0.15) is 40.4 Å². The van der Waals surface area contributed by atoms with Gasteiger partial charge in [0.2, 0.25) is 5.91 Å². The largest absolute Gasteiger partial charge is 0.497 e. The summed E-state index contributed by atoms with van der Waals surface area (Å²) < 4.78 is 22.9. The van der Waals surface area contributed by atoms with Crippen LogP contribution in [-0.4, -0.2) is 65.7 Å². The molecule has 0 fully saturated rings. The molecule has 3 aromatic carbocycles. The van der Waals surface area contributed by atoms with Gasteiger partial charge in [-0.15, -0.1) is 10.2 Å². The molecule has 1 heterocycles. The molecule has 12 nitrogen and oxygen atoms in total. The van der Waals surface area contributed by atoms with E-state index in [0.717, 1.165) is 5.69 Å². The van der Waals surface area contributed by atoms with Gasteiger partial charge in [0, 0.05) is 23.0 Å². The van der Waals surface area contributed by atoms with Crippen molar-refractivity contribution < 1.29 is 33.3 Å². The Balaban J connectivity index is 1.49. The molecular formula is C31H33N5O7S. The molecule has 1 aromatic heterocycles. The van der Waals surface area contributed by atoms with Gasteiger partial charge in [0.05, 0.1) is 45.3 Å². The first-order chi connectivity index (χ1) is 21.3. The van der Waals surface area contributed by atoms with Crippen LogP contribution in [0.5, 0.6) is 17.2 Å². The number of hydrogen-bond donors (Lipinski definition) is 2. The van der Waals surface area contributed by atoms with Crippen LogP contribution in [0.15, 0.2) is 71.9 Å². The topological polar surface area (TPSA) is 143 Å². The fourth-order valence-corrected chi connectivity index (χ4v) is 4.83. The highest BCUT2D eigenvalue weighted by molar-refractivity contribution is 7.99. The predicted molar refractivity (Wildman–Crippen MR) is 165 cm³/mol. The Morgan fingerprint density at radius 3 is 2.11 bits per heavy atom. The standard InChI is InChI=1S/C31H33N5O7S/c1-5-42-24-13-11-23(12-14-24)36-27(18-32-29(38)21-15-25(40-3)17-26(16-21)41-4)34-35-31(36)44-19-28(37)33-22-9-7-20(8-10-22)30(39)43-6-2/h7-17H,5-6,18-19H2,1-4H3,(H,32,38)(H,33,37). The first-order valence-corrected chi connectivity index (χ1v) is 14.7. The molecule has 4 rings (SSSR count). The smallest absolute Gasteiger partial charge is 0.338 e. The van der Waals surface area contributed by atoms with Crippen molar-refractivity contribution >= 4 is 35.2 Å². The molecule has 44 heavy (non-hydrogen) atoms. The van der Waals surface area contributed by atoms with Crippen molar-refractivity contribution in [2.75, 3.05) is 38.5 Å². The Bertz CT molecular complexity index is 1570. The molecule has 0 radical (unpaired) electrons. The second-order valence-electron chi connectivity index (χ2n) is 9.08. The number of methoxy groups -OCH3 is 2. The van der Waals surface area contributed by atoms with Crippen molar-refractivity contribution in [1.82, 2.24) is 20.1 Å². The molecule has 0 unspecified atom stereocenters. The van der Waals surface area contributed by atoms with E-state index < -0.39 is 5.97 Å². The number of esters is 1. The number of carbonyl (C=O) groups excluding carboxylic acids is 3. The molecule has 0 bridgehead atoms. The molecular weight excluding hydrogens is 586 g/mol. The molecule has 0 aliphatic carbocycles. The molecule has 2 amide bonds. The van der Waals surface area contributed by atoms with E-state index in [-0.39, 0.29) is 30.7 Å². The number of nitrogens with one attached hydrogen (secondary N) is 2. The van der Waals surface area contributed by atoms with E-state index >= 15 is 0 Å². The quantitative estimate of drug-likeness (QED) is 0.153. The Labute approximate surface area is 259 Å². The van der Waals surface area contributed by atoms with Gasteiger partial charge in [-0.3, -0.25) is 14.2 Å². The number of amides is 2. The minimum atomic E-state index is -0.426. The van der Waals surface area contributed by atoms with Crippen molar-refractivity contribution in [3.05, 3.63) is 83.7 Å². The summed E-state index contributed by atoms with van der Waals surface area (Å²) >= 11 is 1.19. The molecule has 0 aliphatic heterocycles. The molecule has 0 aliphatic rings. The Hall–Kier alpha value is -5.04. The zero-order valence-electron chi connectivity index (χ0n) is 24.8. The Morgan fingerprint density at radius 1 is 0.818 bits per heavy atom. The van der Waals surface area contributed by atoms with Crippen LogP contribution < -0.4 is 24.8 Å². The highest BCUT2D eigenvalue weighted by Gasteiger charge is 2.18. The van der Waals surface area contributed by atoms with E-state index in [1.54, 1.807) is 54.0 Å². The van der Waals surface area contributed by atoms with E-state index in [1.807, 2.05) is 31.2 Å². The lowest BCUT2D eigenvalue weighted by Gasteiger charge is -2.13. The van der Waals surface area contributed by atoms with Crippen LogP contribution in [0.3, 0.4) is 0 Å². The minimum absolute atomic E-state index is 0.0325. The van der Waals surface area contributed by atoms with Crippen LogP contribution in [0.2, 0.25) is 0 Å². The first-order valence-electron chi connectivity index (χ1n) is 13.7. The SMILES string of the molecule is CCOC(=O)c1ccc(NC(=O)CSc2nnc(CNC(=O)c3cc(OC)cc(OC)c3)n2-c2ccc(OCC)cc2)cc1. The number of rotatable bonds is 14. The molecule has 0 atom stereocenters. The number of nitrogens with zero attached hydrogens (tertiary/aromatic N) is 3. The molecule has 0 saturated carbocycles. The lowest BCUT2D eigenvalue weighted by atomic mass is 10.2. The third-order valence-corrected chi connectivity index (χ3v) is 7.07. The summed E-state index contributed by atoms with van der Waals surface area (Å²) in [5.74, 6) is 1.10. The number of hydrogen-bond acceptors (Lipinski definition) is 10. The summed E-state index contributed by atoms with van der Waals surface area (Å²) in [6.07, 6.45) is 0. The van der Waals surface area contributed by atoms with Gasteiger partial charge in [0.1, 0.15) is 17.2 Å². The van der Waals surface area contributed by atoms with Gasteiger partial charge in [-0.1, -0.05) is 11.8 Å². The fourth-order valence-electron chi connectivity index (χ4n) is 4.06. The van der Waals surface area contributed by atoms with Crippen molar-refractivity contribution in [3.63, 3.8) is 0 Å². The van der Waals surface area contributed by atoms with Gasteiger partial charge in [0.15, 0.2) is 11.0 Å². The van der Waals surface area contributed by atoms with Crippen molar-refractivity contribution in [3.8, 4) is 22.9 Å². The summed E-state index contributed by atoms with van der Waals surface area (Å²) in [5, 5.41) is 14.8. The van der Waals surface area contributed by atoms with Crippen LogP contribution >= 0.6 is 11.8 Å². The van der Waals surface area contributed by atoms with E-state index in [9.17, 15) is 14.4 Å². The second-order valence-corrected chi connectivity index (χ2v) is 10.0. The van der Waals surface area contributed by atoms with Crippen LogP contribution in [-0.2, 0) is 16.1 Å². The Morgan fingerprint density at radius 2 is 1.50 bits per heavy atom. The molecule has 230 valence electrons. The lowest BCUT2D eigenvalue weighted by Crippen LogP contribution is -2.24. The first kappa shape index (κ1) is 31.9. The molecule has 0 spiro atoms. The van der Waals surface area contributed by atoms with E-state index in [1.165, 1.54) is 26.0 Å². The van der Waals surface area contributed by atoms with Crippen molar-refractivity contribution in [1.29, 1.82) is 0 Å². The second kappa shape index (κ2) is 15.4. The van der Waals surface area contributed by atoms with Gasteiger partial charge in [-0.25, -0.2) is 4.79 Å². The molecule has 0 saturated heterocycles. The maximum atomic E-state index is 13.0. The number of carbonyl (C=O) groups is 3. The highest BCUT2D eigenvalue weighted by atomic mass is 32.2. The zero-order chi connectivity index (χ0) is 31.5. The maximum absolute atomic E-state index is 13.0. The maximum Gasteiger partial charge on any atom is 0.338 e. The summed E-state index contributed by atoms with van der Waals surface area (Å²) in [4.78, 5) is 37.7. The van der Waals surface area contributed by atoms with Crippen LogP contribution in [0, 0.1) is 0 Å². The summed E-state index contributed by atoms with van der Waals surface area (Å²) in [5.41, 5.74) is 2.01. The summed E-state index contributed by atoms with van der Waals surface area (Å²) in [7, 11) is 3.02. The molecule has 2 N–H and O–H groups in total. The van der Waals surface area contributed by atoms with Crippen LogP contribution in [0.25, 0.3) is 5.69 Å². The lowest BCUT2D eigenvalue weighted by molar-refractivity contribution is -0.113. The number of aromatic nitrogens is 3. The summed E-state index contributed by atoms with van der Waals surface area (Å²) in [6.45, 7) is 4.50. The molecule has 4 aromatic rings. The number of anilines is 1. The summed E-state index contributed by atoms with van der Waals surface area (Å²) in [6, 6.07) is 18.7. The molecule has 13 heteroatoms. The monoisotopic (exact) mass is 619 g/mol. The average molecular weight is 620 g/mol. The van der Waals surface area contributed by atoms with Gasteiger partial charge in [0.25, 0.3) is 5.91 Å². The zero-order valence-corrected chi connectivity index (χ0v) is 25.6. The third-order valence-electron chi connectivity index (χ3n) is 6.14. The number of ether oxygens (including phenoxy) is 4. The Kier molecular flexibility index (Phi) is 11.2. The normalized spacial score (nSPS) is 10.5. The highest BCUT2D eigenvalue weighted by Crippen LogP contribution is 2.25. The van der Waals surface area contributed by atoms with Gasteiger partial charge >= 0.3 is 5.97 Å². The minimum Gasteiger partial charge on any atom is -0.497 e. The van der Waals surface area contributed by atoms with Crippen LogP contribution in [0.4, 0.5) is 5.69 Å². The van der Waals surface area contributed by atoms with E-state index in [0.29, 0.717) is 51.7 Å². The van der Waals surface area contributed by atoms with Crippen molar-refractivity contribution in [2.45, 2.75) is 25.5 Å². The number of benzene rings is 3. The predicted octanol–water partition coefficient (Wildman–Crippen LogP) is 4.52. The van der Waals surface area contributed by atoms with Gasteiger partial charge in [-0.2, -0.15) is 0 Å². The fraction of sp³-hybridized carbons (Fsp3) is 0.258. The van der Waals surface area contributed by atoms with Gasteiger partial charge < -0.3 is 29.6 Å². The van der Waals surface area contributed by atoms with E-state index in [4.69, 9.17) is 18.9 Å². The van der Waals surface area contributed by atoms with Gasteiger partial charge in [-0.05, 0) is 74.5 Å². The van der Waals surface area contributed by atoms with Crippen molar-refractivity contribution in [2.24, 2.45) is 0 Å².